The molecule has 1 aliphatic rings. The first-order valence-electron chi connectivity index (χ1n) is 5.09. The van der Waals surface area contributed by atoms with Crippen molar-refractivity contribution in [2.45, 2.75) is 39.7 Å². The second-order valence-electron chi connectivity index (χ2n) is 3.65. The maximum Gasteiger partial charge on any atom is 0.259 e. The third kappa shape index (κ3) is 1.17. The van der Waals surface area contributed by atoms with Crippen molar-refractivity contribution in [3.8, 4) is 0 Å². The maximum atomic E-state index is 11.9. The average Bonchev–Trinajstić information content (AvgIpc) is 2.37. The van der Waals surface area contributed by atoms with E-state index in [9.17, 15) is 14.7 Å². The fraction of sp³-hybridized carbons (Fsp3) is 0.800. The number of carbonyl (C=O) groups excluding carboxylic acids is 2. The van der Waals surface area contributed by atoms with Crippen LogP contribution in [0.4, 0.5) is 0 Å². The summed E-state index contributed by atoms with van der Waals surface area (Å²) in [5.74, 6) is -0.663. The average molecular weight is 199 g/mol. The van der Waals surface area contributed by atoms with Crippen LogP contribution in [-0.2, 0) is 9.59 Å². The lowest BCUT2D eigenvalue weighted by Gasteiger charge is -2.25. The minimum Gasteiger partial charge on any atom is -0.382 e. The number of carbonyl (C=O) groups is 2. The Morgan fingerprint density at radius 3 is 2.00 bits per heavy atom. The third-order valence-corrected chi connectivity index (χ3v) is 3.27. The van der Waals surface area contributed by atoms with Crippen molar-refractivity contribution in [3.63, 3.8) is 0 Å². The first-order chi connectivity index (χ1) is 6.55. The summed E-state index contributed by atoms with van der Waals surface area (Å²) in [6.07, 6.45) is -0.137. The predicted molar refractivity (Wildman–Crippen MR) is 51.4 cm³/mol. The monoisotopic (exact) mass is 199 g/mol. The molecule has 4 heteroatoms. The summed E-state index contributed by atoms with van der Waals surface area (Å²) in [6.45, 7) is 5.74. The molecule has 0 aliphatic carbocycles. The number of likely N-dealkylation sites (N-methyl/N-ethyl adjacent to an activating group) is 1. The number of hydrogen-bond acceptors (Lipinski definition) is 3. The van der Waals surface area contributed by atoms with Gasteiger partial charge < -0.3 is 5.11 Å². The Morgan fingerprint density at radius 2 is 1.79 bits per heavy atom. The lowest BCUT2D eigenvalue weighted by atomic mass is 9.79. The van der Waals surface area contributed by atoms with Crippen LogP contribution in [0.25, 0.3) is 0 Å². The maximum absolute atomic E-state index is 11.9. The van der Waals surface area contributed by atoms with Gasteiger partial charge in [-0.1, -0.05) is 13.8 Å². The molecule has 14 heavy (non-hydrogen) atoms. The van der Waals surface area contributed by atoms with E-state index in [1.807, 2.05) is 13.8 Å². The summed E-state index contributed by atoms with van der Waals surface area (Å²) < 4.78 is 0. The Bertz CT molecular complexity index is 258. The van der Waals surface area contributed by atoms with E-state index in [1.165, 1.54) is 0 Å². The number of imide groups is 1. The van der Waals surface area contributed by atoms with E-state index in [4.69, 9.17) is 0 Å². The fourth-order valence-corrected chi connectivity index (χ4v) is 2.11. The highest BCUT2D eigenvalue weighted by Gasteiger charge is 2.56. The van der Waals surface area contributed by atoms with Gasteiger partial charge in [0.1, 0.15) is 6.10 Å². The van der Waals surface area contributed by atoms with Gasteiger partial charge in [0.2, 0.25) is 5.91 Å². The molecule has 1 fully saturated rings. The van der Waals surface area contributed by atoms with Gasteiger partial charge in [0.05, 0.1) is 5.41 Å². The SMILES string of the molecule is CCN1C(=O)[C@H](O)C(CC)(CC)C1=O. The van der Waals surface area contributed by atoms with Crippen LogP contribution in [0.2, 0.25) is 0 Å². The van der Waals surface area contributed by atoms with E-state index in [0.29, 0.717) is 19.4 Å². The first-order valence-corrected chi connectivity index (χ1v) is 5.09. The number of nitrogens with zero attached hydrogens (tertiary/aromatic N) is 1. The van der Waals surface area contributed by atoms with Crippen LogP contribution >= 0.6 is 0 Å². The van der Waals surface area contributed by atoms with Gasteiger partial charge >= 0.3 is 0 Å². The Morgan fingerprint density at radius 1 is 1.29 bits per heavy atom. The summed E-state index contributed by atoms with van der Waals surface area (Å²) in [6, 6.07) is 0. The number of amides is 2. The van der Waals surface area contributed by atoms with Crippen LogP contribution in [-0.4, -0.2) is 34.5 Å². The zero-order valence-corrected chi connectivity index (χ0v) is 8.91. The topological polar surface area (TPSA) is 57.6 Å². The predicted octanol–water partition coefficient (Wildman–Crippen LogP) is 0.542. The van der Waals surface area contributed by atoms with Crippen LogP contribution in [0.15, 0.2) is 0 Å². The van der Waals surface area contributed by atoms with E-state index in [2.05, 4.69) is 0 Å². The molecular formula is C10H17NO3. The van der Waals surface area contributed by atoms with E-state index >= 15 is 0 Å². The molecule has 4 nitrogen and oxygen atoms in total. The molecule has 0 saturated carbocycles. The van der Waals surface area contributed by atoms with Crippen LogP contribution in [0.1, 0.15) is 33.6 Å². The van der Waals surface area contributed by atoms with E-state index in [-0.39, 0.29) is 5.91 Å². The van der Waals surface area contributed by atoms with E-state index in [0.717, 1.165) is 4.90 Å². The van der Waals surface area contributed by atoms with Crippen molar-refractivity contribution < 1.29 is 14.7 Å². The van der Waals surface area contributed by atoms with Crippen molar-refractivity contribution in [2.75, 3.05) is 6.54 Å². The van der Waals surface area contributed by atoms with Crippen molar-refractivity contribution in [1.29, 1.82) is 0 Å². The zero-order chi connectivity index (χ0) is 10.9. The number of aliphatic hydroxyl groups is 1. The van der Waals surface area contributed by atoms with E-state index in [1.54, 1.807) is 6.92 Å². The quantitative estimate of drug-likeness (QED) is 0.675. The van der Waals surface area contributed by atoms with Gasteiger partial charge in [-0.2, -0.15) is 0 Å². The minimum absolute atomic E-state index is 0.220. The molecule has 0 bridgehead atoms. The highest BCUT2D eigenvalue weighted by Crippen LogP contribution is 2.39. The van der Waals surface area contributed by atoms with Gasteiger partial charge in [0.15, 0.2) is 0 Å². The van der Waals surface area contributed by atoms with Gasteiger partial charge in [-0.3, -0.25) is 14.5 Å². The number of rotatable bonds is 3. The molecule has 1 N–H and O–H groups in total. The number of aliphatic hydroxyl groups excluding tert-OH is 1. The van der Waals surface area contributed by atoms with Gasteiger partial charge in [-0.25, -0.2) is 0 Å². The second kappa shape index (κ2) is 3.69. The number of hydrogen-bond donors (Lipinski definition) is 1. The molecule has 0 spiro atoms. The summed E-state index contributed by atoms with van der Waals surface area (Å²) in [5, 5.41) is 9.77. The van der Waals surface area contributed by atoms with E-state index < -0.39 is 17.4 Å². The first kappa shape index (κ1) is 11.2. The van der Waals surface area contributed by atoms with Crippen molar-refractivity contribution in [1.82, 2.24) is 4.90 Å². The molecule has 1 saturated heterocycles. The standard InChI is InChI=1S/C10H17NO3/c1-4-10(5-2)7(12)8(13)11(6-3)9(10)14/h7,12H,4-6H2,1-3H3/t7-/m0/s1. The Kier molecular flexibility index (Phi) is 2.95. The highest BCUT2D eigenvalue weighted by molar-refractivity contribution is 6.08. The molecule has 0 radical (unpaired) electrons. The molecule has 1 aliphatic heterocycles. The molecular weight excluding hydrogens is 182 g/mol. The van der Waals surface area contributed by atoms with Crippen molar-refractivity contribution >= 4 is 11.8 Å². The second-order valence-corrected chi connectivity index (χ2v) is 3.65. The zero-order valence-electron chi connectivity index (χ0n) is 8.91. The fourth-order valence-electron chi connectivity index (χ4n) is 2.11. The summed E-state index contributed by atoms with van der Waals surface area (Å²) >= 11 is 0. The Hall–Kier alpha value is -0.900. The summed E-state index contributed by atoms with van der Waals surface area (Å²) in [5.41, 5.74) is -0.868. The summed E-state index contributed by atoms with van der Waals surface area (Å²) in [4.78, 5) is 24.6. The van der Waals surface area contributed by atoms with Gasteiger partial charge in [-0.15, -0.1) is 0 Å². The molecule has 0 aromatic rings. The molecule has 0 unspecified atom stereocenters. The van der Waals surface area contributed by atoms with Crippen LogP contribution in [0, 0.1) is 5.41 Å². The molecule has 1 heterocycles. The molecule has 2 amide bonds. The Balaban J connectivity index is 3.10. The minimum atomic E-state index is -1.15. The lowest BCUT2D eigenvalue weighted by Crippen LogP contribution is -2.37. The molecule has 0 aromatic heterocycles. The van der Waals surface area contributed by atoms with Gasteiger partial charge in [-0.05, 0) is 19.8 Å². The summed E-state index contributed by atoms with van der Waals surface area (Å²) in [7, 11) is 0. The van der Waals surface area contributed by atoms with Gasteiger partial charge in [0.25, 0.3) is 5.91 Å². The molecule has 80 valence electrons. The lowest BCUT2D eigenvalue weighted by molar-refractivity contribution is -0.141. The molecule has 0 aromatic carbocycles. The normalized spacial score (nSPS) is 26.0. The van der Waals surface area contributed by atoms with Crippen molar-refractivity contribution in [3.05, 3.63) is 0 Å². The number of likely N-dealkylation sites (tertiary alicyclic amines) is 1. The molecule has 1 atom stereocenters. The van der Waals surface area contributed by atoms with Crippen LogP contribution < -0.4 is 0 Å². The smallest absolute Gasteiger partial charge is 0.259 e. The van der Waals surface area contributed by atoms with Crippen molar-refractivity contribution in [2.24, 2.45) is 5.41 Å². The molecule has 1 rings (SSSR count). The van der Waals surface area contributed by atoms with Crippen LogP contribution in [0.5, 0.6) is 0 Å². The highest BCUT2D eigenvalue weighted by atomic mass is 16.3. The Labute approximate surface area is 83.9 Å². The largest absolute Gasteiger partial charge is 0.382 e. The third-order valence-electron chi connectivity index (χ3n) is 3.27. The van der Waals surface area contributed by atoms with Gasteiger partial charge in [0, 0.05) is 6.54 Å². The van der Waals surface area contributed by atoms with Crippen LogP contribution in [0.3, 0.4) is 0 Å².